The van der Waals surface area contributed by atoms with Gasteiger partial charge in [0.15, 0.2) is 23.8 Å². The number of fused-ring (bicyclic) bond motifs is 1. The van der Waals surface area contributed by atoms with Crippen molar-refractivity contribution in [2.24, 2.45) is 23.7 Å². The van der Waals surface area contributed by atoms with E-state index >= 15 is 0 Å². The summed E-state index contributed by atoms with van der Waals surface area (Å²) in [6.45, 7) is 14.0. The number of cyclic esters (lactones) is 1. The molecule has 14 nitrogen and oxygen atoms in total. The van der Waals surface area contributed by atoms with Crippen LogP contribution in [0.3, 0.4) is 0 Å². The maximum Gasteiger partial charge on any atom is 0.408 e. The van der Waals surface area contributed by atoms with Crippen LogP contribution in [-0.2, 0) is 54.1 Å². The highest BCUT2D eigenvalue weighted by molar-refractivity contribution is 6.00. The zero-order valence-corrected chi connectivity index (χ0v) is 33.7. The maximum absolute atomic E-state index is 14.8. The van der Waals surface area contributed by atoms with E-state index in [-0.39, 0.29) is 37.3 Å². The lowest BCUT2D eigenvalue weighted by Crippen LogP contribution is -2.61. The Hall–Kier alpha value is -3.43. The fourth-order valence-electron chi connectivity index (χ4n) is 8.47. The van der Waals surface area contributed by atoms with Gasteiger partial charge in [0.05, 0.1) is 35.8 Å². The molecule has 4 rings (SSSR count). The molecule has 3 aliphatic heterocycles. The molecule has 13 atom stereocenters. The first-order valence-corrected chi connectivity index (χ1v) is 19.1. The van der Waals surface area contributed by atoms with Gasteiger partial charge < -0.3 is 44.0 Å². The molecule has 1 aromatic carbocycles. The van der Waals surface area contributed by atoms with Crippen LogP contribution in [0.5, 0.6) is 0 Å². The Morgan fingerprint density at radius 2 is 1.70 bits per heavy atom. The molecule has 302 valence electrons. The normalized spacial score (nSPS) is 38.2. The van der Waals surface area contributed by atoms with Gasteiger partial charge in [-0.15, -0.1) is 0 Å². The number of nitrogens with one attached hydrogen (secondary N) is 2. The Balaban J connectivity index is 1.80. The van der Waals surface area contributed by atoms with Crippen LogP contribution in [0.25, 0.3) is 0 Å². The van der Waals surface area contributed by atoms with Crippen molar-refractivity contribution in [1.82, 2.24) is 15.5 Å². The Labute approximate surface area is 319 Å². The number of ether oxygens (including phenoxy) is 6. The Morgan fingerprint density at radius 1 is 1.04 bits per heavy atom. The van der Waals surface area contributed by atoms with Gasteiger partial charge in [0.25, 0.3) is 0 Å². The van der Waals surface area contributed by atoms with E-state index in [1.54, 1.807) is 34.6 Å². The fraction of sp³-hybridized carbons (Fsp3) is 0.725. The molecular weight excluding hydrogens is 698 g/mol. The van der Waals surface area contributed by atoms with E-state index in [1.807, 2.05) is 56.3 Å². The Morgan fingerprint density at radius 3 is 2.30 bits per heavy atom. The van der Waals surface area contributed by atoms with Crippen molar-refractivity contribution in [2.45, 2.75) is 135 Å². The van der Waals surface area contributed by atoms with Crippen LogP contribution in [0.1, 0.15) is 80.2 Å². The molecule has 14 heteroatoms. The minimum atomic E-state index is -1.44. The van der Waals surface area contributed by atoms with Gasteiger partial charge in [0, 0.05) is 39.0 Å². The van der Waals surface area contributed by atoms with Gasteiger partial charge in [-0.2, -0.15) is 0 Å². The maximum atomic E-state index is 14.8. The van der Waals surface area contributed by atoms with Gasteiger partial charge >= 0.3 is 18.0 Å². The van der Waals surface area contributed by atoms with Gasteiger partial charge in [0.1, 0.15) is 17.8 Å². The van der Waals surface area contributed by atoms with Crippen LogP contribution < -0.4 is 10.6 Å². The second kappa shape index (κ2) is 18.0. The number of alkyl carbamates (subject to hydrolysis) is 1. The minimum absolute atomic E-state index is 0.0890. The summed E-state index contributed by atoms with van der Waals surface area (Å²) in [4.78, 5) is 70.3. The van der Waals surface area contributed by atoms with Gasteiger partial charge in [-0.25, -0.2) is 4.79 Å². The zero-order chi connectivity index (χ0) is 40.1. The highest BCUT2D eigenvalue weighted by Crippen LogP contribution is 2.40. The van der Waals surface area contributed by atoms with E-state index < -0.39 is 89.3 Å². The zero-order valence-electron chi connectivity index (χ0n) is 33.7. The van der Waals surface area contributed by atoms with Gasteiger partial charge in [-0.3, -0.25) is 19.2 Å². The molecule has 0 spiro atoms. The van der Waals surface area contributed by atoms with Crippen molar-refractivity contribution in [3.8, 4) is 0 Å². The largest absolute Gasteiger partial charge is 0.458 e. The summed E-state index contributed by atoms with van der Waals surface area (Å²) in [5, 5.41) is 6.27. The summed E-state index contributed by atoms with van der Waals surface area (Å²) >= 11 is 0. The van der Waals surface area contributed by atoms with Crippen molar-refractivity contribution in [3.63, 3.8) is 0 Å². The van der Waals surface area contributed by atoms with Gasteiger partial charge in [-0.1, -0.05) is 51.1 Å². The van der Waals surface area contributed by atoms with Gasteiger partial charge in [0.2, 0.25) is 0 Å². The number of carbonyl (C=O) groups excluding carboxylic acids is 5. The predicted molar refractivity (Wildman–Crippen MR) is 198 cm³/mol. The van der Waals surface area contributed by atoms with Crippen LogP contribution in [0.15, 0.2) is 30.3 Å². The van der Waals surface area contributed by atoms with Crippen molar-refractivity contribution < 1.29 is 52.4 Å². The van der Waals surface area contributed by atoms with Gasteiger partial charge in [-0.05, 0) is 66.6 Å². The summed E-state index contributed by atoms with van der Waals surface area (Å²) in [5.74, 6) is -5.76. The number of hydrogen-bond donors (Lipinski definition) is 2. The van der Waals surface area contributed by atoms with Crippen molar-refractivity contribution in [3.05, 3.63) is 35.9 Å². The van der Waals surface area contributed by atoms with E-state index in [4.69, 9.17) is 28.4 Å². The number of ketones is 2. The number of rotatable bonds is 10. The third-order valence-electron chi connectivity index (χ3n) is 11.6. The minimum Gasteiger partial charge on any atom is -0.458 e. The summed E-state index contributed by atoms with van der Waals surface area (Å²) in [7, 11) is 5.23. The topological polar surface area (TPSA) is 168 Å². The Kier molecular flexibility index (Phi) is 14.4. The average Bonchev–Trinajstić information content (AvgIpc) is 3.43. The van der Waals surface area contributed by atoms with Crippen LogP contribution in [-0.4, -0.2) is 116 Å². The Bertz CT molecular complexity index is 1490. The molecule has 3 heterocycles. The molecule has 0 aliphatic carbocycles. The number of esters is 2. The molecule has 3 aliphatic rings. The second-order valence-corrected chi connectivity index (χ2v) is 15.9. The molecule has 2 N–H and O–H groups in total. The van der Waals surface area contributed by atoms with Crippen LogP contribution in [0.4, 0.5) is 4.79 Å². The molecule has 2 unspecified atom stereocenters. The average molecular weight is 760 g/mol. The molecule has 3 saturated heterocycles. The van der Waals surface area contributed by atoms with Crippen LogP contribution in [0.2, 0.25) is 0 Å². The number of carbonyl (C=O) groups is 5. The summed E-state index contributed by atoms with van der Waals surface area (Å²) < 4.78 is 37.0. The van der Waals surface area contributed by atoms with Crippen molar-refractivity contribution in [1.29, 1.82) is 0 Å². The third-order valence-corrected chi connectivity index (χ3v) is 11.6. The summed E-state index contributed by atoms with van der Waals surface area (Å²) in [5.41, 5.74) is -1.74. The summed E-state index contributed by atoms with van der Waals surface area (Å²) in [6.07, 6.45) is -4.19. The molecule has 0 radical (unpaired) electrons. The predicted octanol–water partition coefficient (Wildman–Crippen LogP) is 3.82. The molecule has 0 saturated carbocycles. The first-order valence-electron chi connectivity index (χ1n) is 19.1. The third kappa shape index (κ3) is 9.50. The van der Waals surface area contributed by atoms with Crippen molar-refractivity contribution >= 4 is 29.6 Å². The molecular formula is C40H61N3O11. The van der Waals surface area contributed by atoms with E-state index in [0.29, 0.717) is 13.0 Å². The van der Waals surface area contributed by atoms with E-state index in [9.17, 15) is 24.0 Å². The van der Waals surface area contributed by atoms with E-state index in [0.717, 1.165) is 5.56 Å². The summed E-state index contributed by atoms with van der Waals surface area (Å²) in [6, 6.07) is 8.56. The SMILES string of the molecule is CCC1OC(=O)[C@H](C)C(=O)[C@H](C)[C@@H](O[C@@H]2O[C@H](C)C[C@H](N(C)C)[C@H]2OC(C)=O)[C@](C)(OC)C[C@@H](C)C(=O)C(CNCc2ccccc2)[C@H]2NC(=O)O[C@]12C. The molecule has 0 aromatic heterocycles. The number of Topliss-reactive ketones (excluding diaryl/α,β-unsaturated/α-hetero) is 2. The standard InChI is InChI=1S/C40H61N3O11/c1-12-30-40(8)34(42-38(48)54-40)28(21-41-20-27-16-14-13-15-17-27)31(45)22(2)19-39(7,49-11)35(24(4)32(46)25(5)36(47)52-30)53-37-33(51-26(6)44)29(43(9)10)18-23(3)50-37/h13-17,22-25,28-30,33-35,37,41H,12,18-21H2,1-11H3,(H,42,48)/t22-,23-,24+,25-,28?,29+,30?,33-,34-,35-,37+,39-,40-/m1/s1. The first kappa shape index (κ1) is 43.3. The first-order chi connectivity index (χ1) is 25.4. The monoisotopic (exact) mass is 759 g/mol. The molecule has 54 heavy (non-hydrogen) atoms. The molecule has 1 amide bonds. The number of likely N-dealkylation sites (N-methyl/N-ethyl adjacent to an activating group) is 1. The van der Waals surface area contributed by atoms with Crippen molar-refractivity contribution in [2.75, 3.05) is 27.7 Å². The highest BCUT2D eigenvalue weighted by atomic mass is 16.7. The number of amides is 1. The lowest BCUT2D eigenvalue weighted by atomic mass is 9.73. The number of benzene rings is 1. The lowest BCUT2D eigenvalue weighted by Gasteiger charge is -2.47. The number of nitrogens with zero attached hydrogens (tertiary/aromatic N) is 1. The lowest BCUT2D eigenvalue weighted by molar-refractivity contribution is -0.298. The fourth-order valence-corrected chi connectivity index (χ4v) is 8.47. The number of hydrogen-bond acceptors (Lipinski definition) is 13. The molecule has 3 fully saturated rings. The molecule has 0 bridgehead atoms. The molecule has 1 aromatic rings. The van der Waals surface area contributed by atoms with E-state index in [2.05, 4.69) is 10.6 Å². The quantitative estimate of drug-likeness (QED) is 0.201. The van der Waals surface area contributed by atoms with E-state index in [1.165, 1.54) is 21.0 Å². The van der Waals surface area contributed by atoms with Crippen LogP contribution in [0, 0.1) is 23.7 Å². The smallest absolute Gasteiger partial charge is 0.408 e. The van der Waals surface area contributed by atoms with Crippen LogP contribution >= 0.6 is 0 Å². The highest BCUT2D eigenvalue weighted by Gasteiger charge is 2.58. The number of methoxy groups -OCH3 is 1. The second-order valence-electron chi connectivity index (χ2n) is 15.9.